The van der Waals surface area contributed by atoms with Crippen molar-refractivity contribution >= 4 is 5.97 Å². The van der Waals surface area contributed by atoms with Gasteiger partial charge in [0.1, 0.15) is 6.54 Å². The Morgan fingerprint density at radius 1 is 1.06 bits per heavy atom. The molecule has 0 amide bonds. The van der Waals surface area contributed by atoms with Gasteiger partial charge >= 0.3 is 5.97 Å². The number of cyclic esters (lactones) is 1. The number of hydrogen-bond acceptors (Lipinski definition) is 3. The lowest BCUT2D eigenvalue weighted by Crippen LogP contribution is -2.40. The van der Waals surface area contributed by atoms with Gasteiger partial charge in [0, 0.05) is 17.9 Å². The lowest BCUT2D eigenvalue weighted by Gasteiger charge is -2.37. The van der Waals surface area contributed by atoms with E-state index in [1.807, 2.05) is 6.07 Å². The summed E-state index contributed by atoms with van der Waals surface area (Å²) in [6.07, 6.45) is 11.1. The van der Waals surface area contributed by atoms with E-state index in [1.165, 1.54) is 25.7 Å². The zero-order chi connectivity index (χ0) is 21.9. The second-order valence-corrected chi connectivity index (χ2v) is 10.5. The molecule has 0 radical (unpaired) electrons. The maximum Gasteiger partial charge on any atom is 0.338 e. The van der Waals surface area contributed by atoms with Crippen LogP contribution in [-0.2, 0) is 19.9 Å². The third kappa shape index (κ3) is 4.55. The van der Waals surface area contributed by atoms with Crippen LogP contribution in [0.25, 0.3) is 0 Å². The number of ether oxygens (including phenoxy) is 2. The van der Waals surface area contributed by atoms with Gasteiger partial charge in [0.15, 0.2) is 17.5 Å². The summed E-state index contributed by atoms with van der Waals surface area (Å²) in [5.74, 6) is 1.01. The molecule has 4 rings (SSSR count). The highest BCUT2D eigenvalue weighted by atomic mass is 16.6. The molecular weight excluding hydrogens is 386 g/mol. The van der Waals surface area contributed by atoms with E-state index < -0.39 is 5.60 Å². The zero-order valence-corrected chi connectivity index (χ0v) is 19.7. The number of nitrogens with zero attached hydrogens (tertiary/aromatic N) is 1. The number of unbranched alkanes of at least 4 members (excludes halogenated alkanes) is 3. The maximum atomic E-state index is 13.3. The predicted octanol–water partition coefficient (Wildman–Crippen LogP) is 5.72. The third-order valence-corrected chi connectivity index (χ3v) is 7.56. The van der Waals surface area contributed by atoms with E-state index in [-0.39, 0.29) is 12.1 Å². The molecule has 2 atom stereocenters. The largest absolute Gasteiger partial charge is 0.483 e. The molecule has 0 N–H and O–H groups in total. The number of rotatable bonds is 9. The van der Waals surface area contributed by atoms with E-state index in [0.717, 1.165) is 73.0 Å². The number of carbonyl (C=O) groups is 1. The Balaban J connectivity index is 1.74. The van der Waals surface area contributed by atoms with E-state index in [1.54, 1.807) is 0 Å². The van der Waals surface area contributed by atoms with E-state index in [2.05, 4.69) is 45.3 Å². The third-order valence-electron chi connectivity index (χ3n) is 7.56. The standard InChI is InChI=1S/C27H40NO3/c1-4-5-6-10-17-24-25(30-23-18-19-28(2,3)20-23)27(31-26(24)29,22-15-11-12-16-22)21-13-8-7-9-14-21/h7-9,13-14,22-23H,4-6,10-12,15-20H2,1-3H3/q+1. The van der Waals surface area contributed by atoms with Crippen LogP contribution in [0.1, 0.15) is 76.7 Å². The molecule has 4 heteroatoms. The predicted molar refractivity (Wildman–Crippen MR) is 123 cm³/mol. The molecule has 1 aliphatic carbocycles. The molecule has 170 valence electrons. The van der Waals surface area contributed by atoms with Crippen LogP contribution < -0.4 is 0 Å². The van der Waals surface area contributed by atoms with Gasteiger partial charge in [-0.15, -0.1) is 0 Å². The minimum absolute atomic E-state index is 0.144. The van der Waals surface area contributed by atoms with Crippen LogP contribution in [0.15, 0.2) is 41.7 Å². The highest BCUT2D eigenvalue weighted by molar-refractivity contribution is 5.93. The summed E-state index contributed by atoms with van der Waals surface area (Å²) in [5.41, 5.74) is 1.15. The van der Waals surface area contributed by atoms with E-state index in [9.17, 15) is 4.79 Å². The summed E-state index contributed by atoms with van der Waals surface area (Å²) < 4.78 is 14.2. The molecule has 1 saturated heterocycles. The fourth-order valence-electron chi connectivity index (χ4n) is 5.88. The fraction of sp³-hybridized carbons (Fsp3) is 0.667. The van der Waals surface area contributed by atoms with Crippen molar-refractivity contribution in [3.05, 3.63) is 47.2 Å². The van der Waals surface area contributed by atoms with Crippen molar-refractivity contribution in [2.24, 2.45) is 5.92 Å². The first kappa shape index (κ1) is 22.4. The zero-order valence-electron chi connectivity index (χ0n) is 19.7. The maximum absolute atomic E-state index is 13.3. The summed E-state index contributed by atoms with van der Waals surface area (Å²) >= 11 is 0. The smallest absolute Gasteiger partial charge is 0.338 e. The summed E-state index contributed by atoms with van der Waals surface area (Å²) in [5, 5.41) is 0. The summed E-state index contributed by atoms with van der Waals surface area (Å²) in [6, 6.07) is 10.4. The second-order valence-electron chi connectivity index (χ2n) is 10.5. The SMILES string of the molecule is CCCCCCC1=C(OC2CC[N+](C)(C)C2)C(c2ccccc2)(C2CCCC2)OC1=O. The Labute approximate surface area is 188 Å². The Bertz CT molecular complexity index is 794. The van der Waals surface area contributed by atoms with Crippen LogP contribution in [0.3, 0.4) is 0 Å². The Kier molecular flexibility index (Phi) is 6.76. The molecule has 2 unspecified atom stereocenters. The van der Waals surface area contributed by atoms with Gasteiger partial charge in [0.2, 0.25) is 0 Å². The number of likely N-dealkylation sites (N-methyl/N-ethyl adjacent to an activating group) is 1. The lowest BCUT2D eigenvalue weighted by atomic mass is 9.78. The van der Waals surface area contributed by atoms with E-state index >= 15 is 0 Å². The highest BCUT2D eigenvalue weighted by Crippen LogP contribution is 2.53. The van der Waals surface area contributed by atoms with Crippen LogP contribution >= 0.6 is 0 Å². The molecule has 31 heavy (non-hydrogen) atoms. The van der Waals surface area contributed by atoms with Crippen LogP contribution in [0.4, 0.5) is 0 Å². The van der Waals surface area contributed by atoms with Crippen LogP contribution in [-0.4, -0.2) is 43.7 Å². The number of benzene rings is 1. The number of hydrogen-bond donors (Lipinski definition) is 0. The van der Waals surface area contributed by atoms with Crippen molar-refractivity contribution in [1.82, 2.24) is 0 Å². The summed E-state index contributed by atoms with van der Waals surface area (Å²) in [6.45, 7) is 4.31. The molecule has 1 aromatic carbocycles. The average molecular weight is 427 g/mol. The molecular formula is C27H40NO3+. The number of carbonyl (C=O) groups excluding carboxylic acids is 1. The van der Waals surface area contributed by atoms with Crippen molar-refractivity contribution < 1.29 is 18.8 Å². The Hall–Kier alpha value is -1.81. The molecule has 0 bridgehead atoms. The highest BCUT2D eigenvalue weighted by Gasteiger charge is 2.56. The van der Waals surface area contributed by atoms with Crippen molar-refractivity contribution in [3.63, 3.8) is 0 Å². The molecule has 1 aromatic rings. The van der Waals surface area contributed by atoms with Crippen molar-refractivity contribution in [2.45, 2.75) is 82.8 Å². The van der Waals surface area contributed by atoms with Gasteiger partial charge in [0.05, 0.1) is 26.2 Å². The van der Waals surface area contributed by atoms with Crippen LogP contribution in [0, 0.1) is 5.92 Å². The van der Waals surface area contributed by atoms with Gasteiger partial charge in [0.25, 0.3) is 0 Å². The normalized spacial score (nSPS) is 28.4. The number of quaternary nitrogens is 1. The Morgan fingerprint density at radius 3 is 2.45 bits per heavy atom. The molecule has 4 nitrogen and oxygen atoms in total. The lowest BCUT2D eigenvalue weighted by molar-refractivity contribution is -0.879. The van der Waals surface area contributed by atoms with Crippen molar-refractivity contribution in [3.8, 4) is 0 Å². The van der Waals surface area contributed by atoms with Gasteiger partial charge in [-0.05, 0) is 25.7 Å². The topological polar surface area (TPSA) is 35.5 Å². The molecule has 1 saturated carbocycles. The average Bonchev–Trinajstić information content (AvgIpc) is 3.46. The van der Waals surface area contributed by atoms with E-state index in [0.29, 0.717) is 5.92 Å². The van der Waals surface area contributed by atoms with Crippen molar-refractivity contribution in [1.29, 1.82) is 0 Å². The number of esters is 1. The fourth-order valence-corrected chi connectivity index (χ4v) is 5.88. The first-order valence-electron chi connectivity index (χ1n) is 12.5. The van der Waals surface area contributed by atoms with Crippen LogP contribution in [0.2, 0.25) is 0 Å². The van der Waals surface area contributed by atoms with Crippen LogP contribution in [0.5, 0.6) is 0 Å². The first-order chi connectivity index (χ1) is 15.0. The van der Waals surface area contributed by atoms with Gasteiger partial charge in [-0.25, -0.2) is 4.79 Å². The van der Waals surface area contributed by atoms with E-state index in [4.69, 9.17) is 9.47 Å². The Morgan fingerprint density at radius 2 is 1.81 bits per heavy atom. The minimum atomic E-state index is -0.741. The van der Waals surface area contributed by atoms with Gasteiger partial charge in [-0.2, -0.15) is 0 Å². The van der Waals surface area contributed by atoms with Gasteiger partial charge in [-0.3, -0.25) is 0 Å². The summed E-state index contributed by atoms with van der Waals surface area (Å²) in [7, 11) is 4.53. The van der Waals surface area contributed by atoms with Crippen molar-refractivity contribution in [2.75, 3.05) is 27.2 Å². The number of likely N-dealkylation sites (tertiary alicyclic amines) is 1. The molecule has 0 spiro atoms. The quantitative estimate of drug-likeness (QED) is 0.288. The minimum Gasteiger partial charge on any atom is -0.483 e. The monoisotopic (exact) mass is 426 g/mol. The molecule has 0 aromatic heterocycles. The first-order valence-corrected chi connectivity index (χ1v) is 12.5. The molecule has 2 heterocycles. The second kappa shape index (κ2) is 9.36. The molecule has 2 aliphatic heterocycles. The van der Waals surface area contributed by atoms with Gasteiger partial charge < -0.3 is 14.0 Å². The molecule has 3 aliphatic rings. The molecule has 2 fully saturated rings. The van der Waals surface area contributed by atoms with Gasteiger partial charge in [-0.1, -0.05) is 69.4 Å². The summed E-state index contributed by atoms with van der Waals surface area (Å²) in [4.78, 5) is 13.3.